The number of ether oxygens (including phenoxy) is 1. The smallest absolute Gasteiger partial charge is 0.192 e. The molecule has 1 aliphatic rings. The highest BCUT2D eigenvalue weighted by Gasteiger charge is 2.40. The largest absolute Gasteiger partial charge is 0.504 e. The minimum atomic E-state index is -1.92. The third-order valence-corrected chi connectivity index (χ3v) is 9.29. The lowest BCUT2D eigenvalue weighted by Crippen LogP contribution is -2.43. The number of hydrogen-bond donors (Lipinski definition) is 1. The van der Waals surface area contributed by atoms with Crippen molar-refractivity contribution in [1.82, 2.24) is 0 Å². The first kappa shape index (κ1) is 17.8. The van der Waals surface area contributed by atoms with Gasteiger partial charge in [-0.3, -0.25) is 4.79 Å². The molecular formula is C18H26O4Si. The molecule has 0 spiro atoms. The van der Waals surface area contributed by atoms with Crippen LogP contribution in [0.15, 0.2) is 24.3 Å². The topological polar surface area (TPSA) is 55.8 Å². The quantitative estimate of drug-likeness (QED) is 0.841. The molecule has 0 bridgehead atoms. The lowest BCUT2D eigenvalue weighted by Gasteiger charge is -2.37. The van der Waals surface area contributed by atoms with Gasteiger partial charge in [-0.25, -0.2) is 0 Å². The maximum Gasteiger partial charge on any atom is 0.192 e. The number of ketones is 1. The molecule has 0 amide bonds. The van der Waals surface area contributed by atoms with Crippen LogP contribution in [-0.2, 0) is 9.22 Å². The third kappa shape index (κ3) is 3.67. The Balaban J connectivity index is 2.24. The Morgan fingerprint density at radius 1 is 1.26 bits per heavy atom. The monoisotopic (exact) mass is 334 g/mol. The molecule has 126 valence electrons. The number of allylic oxidation sites excluding steroid dienone is 1. The van der Waals surface area contributed by atoms with Crippen molar-refractivity contribution < 1.29 is 19.1 Å². The van der Waals surface area contributed by atoms with Crippen molar-refractivity contribution in [3.8, 4) is 11.5 Å². The highest BCUT2D eigenvalue weighted by molar-refractivity contribution is 6.74. The number of benzene rings is 1. The molecule has 0 saturated carbocycles. The SMILES string of the molecule is COc1ccc(C2=CC(O[Si](C)(C)C(C)(C)C)CC2=O)cc1O. The van der Waals surface area contributed by atoms with Crippen molar-refractivity contribution in [2.45, 2.75) is 51.4 Å². The van der Waals surface area contributed by atoms with Crippen LogP contribution in [-0.4, -0.2) is 32.4 Å². The highest BCUT2D eigenvalue weighted by atomic mass is 28.4. The zero-order valence-electron chi connectivity index (χ0n) is 14.8. The van der Waals surface area contributed by atoms with Crippen LogP contribution >= 0.6 is 0 Å². The van der Waals surface area contributed by atoms with E-state index in [4.69, 9.17) is 9.16 Å². The van der Waals surface area contributed by atoms with Crippen LogP contribution in [0.4, 0.5) is 0 Å². The highest BCUT2D eigenvalue weighted by Crippen LogP contribution is 2.40. The van der Waals surface area contributed by atoms with Gasteiger partial charge in [0.15, 0.2) is 25.6 Å². The van der Waals surface area contributed by atoms with Gasteiger partial charge in [-0.15, -0.1) is 0 Å². The van der Waals surface area contributed by atoms with Crippen molar-refractivity contribution in [1.29, 1.82) is 0 Å². The summed E-state index contributed by atoms with van der Waals surface area (Å²) in [7, 11) is -0.424. The van der Waals surface area contributed by atoms with Gasteiger partial charge in [0.1, 0.15) is 0 Å². The molecule has 0 fully saturated rings. The molecule has 1 aliphatic carbocycles. The van der Waals surface area contributed by atoms with Gasteiger partial charge in [0.2, 0.25) is 0 Å². The van der Waals surface area contributed by atoms with Crippen LogP contribution < -0.4 is 4.74 Å². The Labute approximate surface area is 139 Å². The summed E-state index contributed by atoms with van der Waals surface area (Å²) in [6, 6.07) is 5.02. The van der Waals surface area contributed by atoms with E-state index in [1.54, 1.807) is 18.2 Å². The van der Waals surface area contributed by atoms with Gasteiger partial charge in [0.25, 0.3) is 0 Å². The van der Waals surface area contributed by atoms with Crippen molar-refractivity contribution >= 4 is 19.7 Å². The summed E-state index contributed by atoms with van der Waals surface area (Å²) in [4.78, 5) is 12.3. The molecule has 0 aliphatic heterocycles. The van der Waals surface area contributed by atoms with E-state index in [1.807, 2.05) is 6.08 Å². The van der Waals surface area contributed by atoms with Crippen LogP contribution in [0.1, 0.15) is 32.8 Å². The molecule has 23 heavy (non-hydrogen) atoms. The summed E-state index contributed by atoms with van der Waals surface area (Å²) in [5.41, 5.74) is 1.32. The van der Waals surface area contributed by atoms with Crippen LogP contribution in [0.5, 0.6) is 11.5 Å². The summed E-state index contributed by atoms with van der Waals surface area (Å²) in [6.45, 7) is 10.9. The normalized spacial score (nSPS) is 19.0. The minimum Gasteiger partial charge on any atom is -0.504 e. The fraction of sp³-hybridized carbons (Fsp3) is 0.500. The number of phenols is 1. The summed E-state index contributed by atoms with van der Waals surface area (Å²) in [6.07, 6.45) is 2.08. The number of phenolic OH excluding ortho intramolecular Hbond substituents is 1. The Hall–Kier alpha value is -1.59. The zero-order valence-corrected chi connectivity index (χ0v) is 15.8. The number of rotatable bonds is 4. The Bertz CT molecular complexity index is 641. The van der Waals surface area contributed by atoms with E-state index in [0.29, 0.717) is 23.3 Å². The fourth-order valence-corrected chi connectivity index (χ4v) is 3.64. The number of hydrogen-bond acceptors (Lipinski definition) is 4. The minimum absolute atomic E-state index is 0.0347. The predicted octanol–water partition coefficient (Wildman–Crippen LogP) is 4.15. The van der Waals surface area contributed by atoms with Gasteiger partial charge in [-0.05, 0) is 41.9 Å². The first-order valence-corrected chi connectivity index (χ1v) is 10.8. The standard InChI is InChI=1S/C18H26O4Si/c1-18(2,3)23(5,6)22-13-10-14(15(19)11-13)12-7-8-17(21-4)16(20)9-12/h7-10,13,20H,11H2,1-6H3. The van der Waals surface area contributed by atoms with Gasteiger partial charge >= 0.3 is 0 Å². The Morgan fingerprint density at radius 3 is 2.43 bits per heavy atom. The van der Waals surface area contributed by atoms with Gasteiger partial charge in [0, 0.05) is 12.0 Å². The molecular weight excluding hydrogens is 308 g/mol. The molecule has 4 nitrogen and oxygen atoms in total. The maximum absolute atomic E-state index is 12.3. The van der Waals surface area contributed by atoms with Gasteiger partial charge in [-0.2, -0.15) is 0 Å². The molecule has 1 N–H and O–H groups in total. The van der Waals surface area contributed by atoms with E-state index >= 15 is 0 Å². The molecule has 1 unspecified atom stereocenters. The molecule has 0 radical (unpaired) electrons. The van der Waals surface area contributed by atoms with Crippen molar-refractivity contribution in [2.75, 3.05) is 7.11 Å². The van der Waals surface area contributed by atoms with Gasteiger partial charge in [0.05, 0.1) is 13.2 Å². The van der Waals surface area contributed by atoms with Crippen LogP contribution in [0.25, 0.3) is 5.57 Å². The molecule has 1 aromatic carbocycles. The van der Waals surface area contributed by atoms with Crippen LogP contribution in [0.3, 0.4) is 0 Å². The zero-order chi connectivity index (χ0) is 17.4. The van der Waals surface area contributed by atoms with Gasteiger partial charge in [-0.1, -0.05) is 26.8 Å². The Kier molecular flexibility index (Phi) is 4.73. The first-order chi connectivity index (χ1) is 10.5. The predicted molar refractivity (Wildman–Crippen MR) is 94.3 cm³/mol. The number of carbonyl (C=O) groups is 1. The average Bonchev–Trinajstić information content (AvgIpc) is 2.77. The van der Waals surface area contributed by atoms with Crippen molar-refractivity contribution in [2.24, 2.45) is 0 Å². The lowest BCUT2D eigenvalue weighted by atomic mass is 10.0. The molecule has 0 heterocycles. The second-order valence-electron chi connectivity index (χ2n) is 7.51. The summed E-state index contributed by atoms with van der Waals surface area (Å²) in [5.74, 6) is 0.486. The molecule has 1 aromatic rings. The average molecular weight is 334 g/mol. The van der Waals surface area contributed by atoms with E-state index < -0.39 is 8.32 Å². The summed E-state index contributed by atoms with van der Waals surface area (Å²) >= 11 is 0. The first-order valence-electron chi connectivity index (χ1n) is 7.85. The lowest BCUT2D eigenvalue weighted by molar-refractivity contribution is -0.114. The molecule has 0 saturated heterocycles. The van der Waals surface area contributed by atoms with E-state index in [9.17, 15) is 9.90 Å². The molecule has 1 atom stereocenters. The maximum atomic E-state index is 12.3. The van der Waals surface area contributed by atoms with E-state index in [1.165, 1.54) is 7.11 Å². The van der Waals surface area contributed by atoms with E-state index in [0.717, 1.165) is 0 Å². The van der Waals surface area contributed by atoms with Crippen molar-refractivity contribution in [3.05, 3.63) is 29.8 Å². The molecule has 5 heteroatoms. The molecule has 0 aromatic heterocycles. The summed E-state index contributed by atoms with van der Waals surface area (Å²) in [5, 5.41) is 10.0. The Morgan fingerprint density at radius 2 is 1.91 bits per heavy atom. The third-order valence-electron chi connectivity index (χ3n) is 4.78. The molecule has 2 rings (SSSR count). The second-order valence-corrected chi connectivity index (χ2v) is 12.3. The van der Waals surface area contributed by atoms with E-state index in [-0.39, 0.29) is 22.7 Å². The number of aromatic hydroxyl groups is 1. The van der Waals surface area contributed by atoms with Crippen LogP contribution in [0.2, 0.25) is 18.1 Å². The fourth-order valence-electron chi connectivity index (χ4n) is 2.38. The number of carbonyl (C=O) groups excluding carboxylic acids is 1. The summed E-state index contributed by atoms with van der Waals surface area (Å²) < 4.78 is 11.4. The number of Topliss-reactive ketones (excluding diaryl/α,β-unsaturated/α-hetero) is 1. The number of methoxy groups -OCH3 is 1. The second kappa shape index (κ2) is 6.13. The van der Waals surface area contributed by atoms with Crippen LogP contribution in [0, 0.1) is 0 Å². The van der Waals surface area contributed by atoms with E-state index in [2.05, 4.69) is 33.9 Å². The van der Waals surface area contributed by atoms with Gasteiger partial charge < -0.3 is 14.3 Å². The van der Waals surface area contributed by atoms with Crippen molar-refractivity contribution in [3.63, 3.8) is 0 Å².